The van der Waals surface area contributed by atoms with Gasteiger partial charge in [0.1, 0.15) is 17.5 Å². The van der Waals surface area contributed by atoms with Crippen molar-refractivity contribution in [2.24, 2.45) is 5.92 Å². The van der Waals surface area contributed by atoms with Crippen LogP contribution in [0.2, 0.25) is 0 Å². The van der Waals surface area contributed by atoms with Gasteiger partial charge in [-0.1, -0.05) is 74.2 Å². The monoisotopic (exact) mass is 681 g/mol. The number of nitrogens with one attached hydrogen (secondary N) is 1. The second-order valence-corrected chi connectivity index (χ2v) is 14.5. The lowest BCUT2D eigenvalue weighted by Gasteiger charge is -2.31. The number of aromatic nitrogens is 1. The van der Waals surface area contributed by atoms with Crippen LogP contribution in [0, 0.1) is 5.92 Å². The Balaban J connectivity index is 1.41. The van der Waals surface area contributed by atoms with E-state index in [4.69, 9.17) is 4.74 Å². The first kappa shape index (κ1) is 32.6. The standard InChI is InChI=1S/C34H30F3N3O5S2/c1-33(2,3)19-10-8-18(9-11-19)25-26-27(30(43)40(29(26)42)22-7-5-6-20(16-22)34(35,36)37)46-31-28(25)47-32(44)39(31)17-24(41)38-21-12-14-23(45-4)15-13-21/h5-16,25-27H,17H2,1-4H3,(H,38,41)/t25-,26?,27?/m1/s1. The maximum absolute atomic E-state index is 14.1. The number of ether oxygens (including phenoxy) is 1. The average Bonchev–Trinajstić information content (AvgIpc) is 3.46. The summed E-state index contributed by atoms with van der Waals surface area (Å²) in [5.74, 6) is -2.94. The second-order valence-electron chi connectivity index (χ2n) is 12.4. The Kier molecular flexibility index (Phi) is 8.33. The third kappa shape index (κ3) is 6.09. The molecule has 1 aromatic heterocycles. The van der Waals surface area contributed by atoms with E-state index < -0.39 is 51.4 Å². The number of thioether (sulfide) groups is 1. The van der Waals surface area contributed by atoms with E-state index in [2.05, 4.69) is 26.1 Å². The zero-order valence-corrected chi connectivity index (χ0v) is 27.4. The maximum Gasteiger partial charge on any atom is 0.416 e. The predicted octanol–water partition coefficient (Wildman–Crippen LogP) is 6.67. The fourth-order valence-corrected chi connectivity index (χ4v) is 8.67. The van der Waals surface area contributed by atoms with Crippen LogP contribution in [0.4, 0.5) is 24.5 Å². The molecular formula is C34H30F3N3O5S2. The minimum absolute atomic E-state index is 0.167. The molecule has 2 unspecified atom stereocenters. The molecule has 3 aromatic carbocycles. The molecule has 3 heterocycles. The summed E-state index contributed by atoms with van der Waals surface area (Å²) in [7, 11) is 1.52. The van der Waals surface area contributed by atoms with Gasteiger partial charge >= 0.3 is 11.0 Å². The Morgan fingerprint density at radius 3 is 2.21 bits per heavy atom. The van der Waals surface area contributed by atoms with E-state index in [0.29, 0.717) is 26.9 Å². The summed E-state index contributed by atoms with van der Waals surface area (Å²) < 4.78 is 47.2. The van der Waals surface area contributed by atoms with Gasteiger partial charge in [0.15, 0.2) is 0 Å². The van der Waals surface area contributed by atoms with Crippen molar-refractivity contribution < 1.29 is 32.3 Å². The summed E-state index contributed by atoms with van der Waals surface area (Å²) >= 11 is 1.89. The molecule has 3 amide bonds. The van der Waals surface area contributed by atoms with Crippen molar-refractivity contribution >= 4 is 52.2 Å². The molecule has 244 valence electrons. The molecule has 8 nitrogen and oxygen atoms in total. The van der Waals surface area contributed by atoms with Crippen molar-refractivity contribution in [3.8, 4) is 5.75 Å². The summed E-state index contributed by atoms with van der Waals surface area (Å²) in [6.45, 7) is 5.82. The van der Waals surface area contributed by atoms with E-state index in [1.165, 1.54) is 17.7 Å². The number of carbonyl (C=O) groups excluding carboxylic acids is 3. The first-order valence-corrected chi connectivity index (χ1v) is 16.4. The number of amides is 3. The normalized spacial score (nSPS) is 19.4. The number of benzene rings is 3. The highest BCUT2D eigenvalue weighted by molar-refractivity contribution is 8.00. The average molecular weight is 682 g/mol. The van der Waals surface area contributed by atoms with Crippen molar-refractivity contribution in [3.63, 3.8) is 0 Å². The Labute approximate surface area is 276 Å². The Bertz CT molecular complexity index is 1930. The zero-order chi connectivity index (χ0) is 33.8. The van der Waals surface area contributed by atoms with Gasteiger partial charge in [-0.25, -0.2) is 4.90 Å². The number of alkyl halides is 3. The van der Waals surface area contributed by atoms with Crippen LogP contribution in [0.1, 0.15) is 48.3 Å². The van der Waals surface area contributed by atoms with Crippen LogP contribution in [0.3, 0.4) is 0 Å². The molecule has 0 bridgehead atoms. The van der Waals surface area contributed by atoms with Gasteiger partial charge < -0.3 is 10.1 Å². The predicted molar refractivity (Wildman–Crippen MR) is 174 cm³/mol. The van der Waals surface area contributed by atoms with Crippen LogP contribution in [0.5, 0.6) is 5.75 Å². The molecule has 0 saturated carbocycles. The first-order valence-electron chi connectivity index (χ1n) is 14.7. The van der Waals surface area contributed by atoms with E-state index in [9.17, 15) is 32.3 Å². The van der Waals surface area contributed by atoms with Gasteiger partial charge in [0.2, 0.25) is 17.7 Å². The Morgan fingerprint density at radius 2 is 1.60 bits per heavy atom. The van der Waals surface area contributed by atoms with Crippen LogP contribution >= 0.6 is 23.1 Å². The van der Waals surface area contributed by atoms with E-state index >= 15 is 0 Å². The van der Waals surface area contributed by atoms with E-state index in [-0.39, 0.29) is 17.6 Å². The van der Waals surface area contributed by atoms with Gasteiger partial charge in [-0.05, 0) is 59.0 Å². The van der Waals surface area contributed by atoms with Crippen LogP contribution in [-0.4, -0.2) is 34.6 Å². The second kappa shape index (κ2) is 12.0. The third-order valence-electron chi connectivity index (χ3n) is 8.29. The van der Waals surface area contributed by atoms with Crippen molar-refractivity contribution in [2.45, 2.75) is 55.1 Å². The molecule has 0 spiro atoms. The van der Waals surface area contributed by atoms with E-state index in [1.807, 2.05) is 24.3 Å². The van der Waals surface area contributed by atoms with Crippen molar-refractivity contribution in [2.75, 3.05) is 17.3 Å². The highest BCUT2D eigenvalue weighted by Gasteiger charge is 2.57. The molecule has 6 rings (SSSR count). The number of carbonyl (C=O) groups is 3. The summed E-state index contributed by atoms with van der Waals surface area (Å²) in [4.78, 5) is 55.5. The number of anilines is 2. The van der Waals surface area contributed by atoms with Gasteiger partial charge in [0.25, 0.3) is 0 Å². The summed E-state index contributed by atoms with van der Waals surface area (Å²) in [6.07, 6.45) is -4.67. The molecule has 3 atom stereocenters. The lowest BCUT2D eigenvalue weighted by molar-refractivity contribution is -0.137. The number of halogens is 3. The number of thiazole rings is 1. The third-order valence-corrected chi connectivity index (χ3v) is 10.9. The molecule has 1 saturated heterocycles. The lowest BCUT2D eigenvalue weighted by atomic mass is 9.81. The molecule has 1 fully saturated rings. The summed E-state index contributed by atoms with van der Waals surface area (Å²) in [6, 6.07) is 18.4. The summed E-state index contributed by atoms with van der Waals surface area (Å²) in [5, 5.41) is 2.09. The molecule has 2 aliphatic heterocycles. The SMILES string of the molecule is COc1ccc(NC(=O)Cn2c3c(sc2=O)[C@H](c2ccc(C(C)(C)C)cc2)C2C(=O)N(c4cccc(C(F)(F)F)c4)C(=O)C2S3)cc1. The molecule has 13 heteroatoms. The van der Waals surface area contributed by atoms with Crippen molar-refractivity contribution in [3.05, 3.63) is 104 Å². The first-order chi connectivity index (χ1) is 22.2. The van der Waals surface area contributed by atoms with E-state index in [1.54, 1.807) is 24.3 Å². The fraction of sp³-hybridized carbons (Fsp3) is 0.294. The van der Waals surface area contributed by atoms with Gasteiger partial charge in [-0.15, -0.1) is 0 Å². The molecular weight excluding hydrogens is 652 g/mol. The quantitative estimate of drug-likeness (QED) is 0.229. The molecule has 4 aromatic rings. The zero-order valence-electron chi connectivity index (χ0n) is 25.8. The lowest BCUT2D eigenvalue weighted by Crippen LogP contribution is -2.33. The number of fused-ring (bicyclic) bond motifs is 2. The fourth-order valence-electron chi connectivity index (χ4n) is 5.90. The largest absolute Gasteiger partial charge is 0.497 e. The smallest absolute Gasteiger partial charge is 0.416 e. The maximum atomic E-state index is 14.1. The van der Waals surface area contributed by atoms with Crippen LogP contribution in [-0.2, 0) is 32.5 Å². The Morgan fingerprint density at radius 1 is 0.915 bits per heavy atom. The number of hydrogen-bond acceptors (Lipinski definition) is 7. The van der Waals surface area contributed by atoms with Crippen molar-refractivity contribution in [1.29, 1.82) is 0 Å². The molecule has 0 aliphatic carbocycles. The molecule has 47 heavy (non-hydrogen) atoms. The highest BCUT2D eigenvalue weighted by Crippen LogP contribution is 2.54. The number of hydrogen-bond donors (Lipinski definition) is 1. The highest BCUT2D eigenvalue weighted by atomic mass is 32.2. The minimum atomic E-state index is -4.67. The summed E-state index contributed by atoms with van der Waals surface area (Å²) in [5.41, 5.74) is 0.876. The molecule has 1 N–H and O–H groups in total. The van der Waals surface area contributed by atoms with Crippen LogP contribution in [0.15, 0.2) is 82.6 Å². The van der Waals surface area contributed by atoms with Crippen molar-refractivity contribution in [1.82, 2.24) is 4.57 Å². The molecule has 0 radical (unpaired) electrons. The van der Waals surface area contributed by atoms with Gasteiger partial charge in [0.05, 0.1) is 29.3 Å². The number of rotatable bonds is 6. The molecule has 2 aliphatic rings. The van der Waals surface area contributed by atoms with Gasteiger partial charge in [-0.2, -0.15) is 13.2 Å². The van der Waals surface area contributed by atoms with Gasteiger partial charge in [-0.3, -0.25) is 23.7 Å². The number of imide groups is 1. The number of methoxy groups -OCH3 is 1. The van der Waals surface area contributed by atoms with Crippen LogP contribution < -0.4 is 19.8 Å². The van der Waals surface area contributed by atoms with Crippen LogP contribution in [0.25, 0.3) is 0 Å². The topological polar surface area (TPSA) is 97.7 Å². The minimum Gasteiger partial charge on any atom is -0.497 e. The Hall–Kier alpha value is -4.36. The number of nitrogens with zero attached hydrogens (tertiary/aromatic N) is 2. The van der Waals surface area contributed by atoms with E-state index in [0.717, 1.165) is 51.8 Å². The van der Waals surface area contributed by atoms with Gasteiger partial charge in [0, 0.05) is 16.5 Å².